The number of hydrogen-bond acceptors (Lipinski definition) is 6. The molecule has 2 saturated heterocycles. The molecule has 0 unspecified atom stereocenters. The zero-order valence-electron chi connectivity index (χ0n) is 20.0. The minimum absolute atomic E-state index is 0.116. The van der Waals surface area contributed by atoms with Gasteiger partial charge in [0.2, 0.25) is 15.9 Å². The molecule has 35 heavy (non-hydrogen) atoms. The fourth-order valence-corrected chi connectivity index (χ4v) is 5.19. The maximum Gasteiger partial charge on any atom is 0.254 e. The third-order valence-electron chi connectivity index (χ3n) is 6.35. The van der Waals surface area contributed by atoms with Crippen molar-refractivity contribution in [2.24, 2.45) is 0 Å². The van der Waals surface area contributed by atoms with E-state index in [1.807, 2.05) is 18.2 Å². The molecule has 2 amide bonds. The van der Waals surface area contributed by atoms with E-state index in [-0.39, 0.29) is 18.4 Å². The molecule has 0 radical (unpaired) electrons. The number of ether oxygens (including phenoxy) is 1. The van der Waals surface area contributed by atoms with E-state index in [1.165, 1.54) is 5.56 Å². The minimum Gasteiger partial charge on any atom is -0.378 e. The molecule has 2 aromatic rings. The summed E-state index contributed by atoms with van der Waals surface area (Å²) in [5.74, 6) is -0.349. The van der Waals surface area contributed by atoms with Gasteiger partial charge in [0.25, 0.3) is 5.91 Å². The molecule has 10 heteroatoms. The summed E-state index contributed by atoms with van der Waals surface area (Å²) in [6.07, 6.45) is 1.09. The highest BCUT2D eigenvalue weighted by Gasteiger charge is 2.27. The fraction of sp³-hybridized carbons (Fsp3) is 0.440. The molecule has 0 aromatic heterocycles. The van der Waals surface area contributed by atoms with Crippen molar-refractivity contribution in [2.45, 2.75) is 6.54 Å². The summed E-state index contributed by atoms with van der Waals surface area (Å²) >= 11 is 0. The largest absolute Gasteiger partial charge is 0.378 e. The molecule has 0 spiro atoms. The van der Waals surface area contributed by atoms with Gasteiger partial charge in [0.15, 0.2) is 0 Å². The van der Waals surface area contributed by atoms with Crippen molar-refractivity contribution in [1.82, 2.24) is 14.7 Å². The number of amides is 2. The Balaban J connectivity index is 1.37. The lowest BCUT2D eigenvalue weighted by Gasteiger charge is -2.35. The van der Waals surface area contributed by atoms with Crippen LogP contribution in [0.2, 0.25) is 0 Å². The second-order valence-electron chi connectivity index (χ2n) is 8.86. The number of benzene rings is 2. The molecular weight excluding hydrogens is 468 g/mol. The van der Waals surface area contributed by atoms with Crippen molar-refractivity contribution in [2.75, 3.05) is 69.6 Å². The van der Waals surface area contributed by atoms with Gasteiger partial charge in [-0.1, -0.05) is 30.3 Å². The third kappa shape index (κ3) is 6.59. The number of hydrogen-bond donors (Lipinski definition) is 0. The summed E-state index contributed by atoms with van der Waals surface area (Å²) in [4.78, 5) is 31.4. The minimum atomic E-state index is -3.69. The number of nitrogens with zero attached hydrogens (tertiary/aromatic N) is 4. The molecule has 0 atom stereocenters. The first kappa shape index (κ1) is 25.2. The Kier molecular flexibility index (Phi) is 8.04. The molecule has 2 aliphatic heterocycles. The molecule has 0 N–H and O–H groups in total. The van der Waals surface area contributed by atoms with Gasteiger partial charge in [0.1, 0.15) is 6.54 Å². The number of morpholine rings is 1. The first-order valence-electron chi connectivity index (χ1n) is 11.8. The second kappa shape index (κ2) is 11.2. The SMILES string of the molecule is CS(=O)(=O)N(CC(=O)N1CCN(Cc2ccccc2)CC1)c1ccc(C(=O)N2CCOCC2)cc1. The van der Waals surface area contributed by atoms with Crippen LogP contribution in [0, 0.1) is 0 Å². The highest BCUT2D eigenvalue weighted by atomic mass is 32.2. The van der Waals surface area contributed by atoms with Crippen LogP contribution in [0.4, 0.5) is 5.69 Å². The molecule has 0 bridgehead atoms. The van der Waals surface area contributed by atoms with Crippen LogP contribution < -0.4 is 4.31 Å². The summed E-state index contributed by atoms with van der Waals surface area (Å²) in [5.41, 5.74) is 2.07. The predicted octanol–water partition coefficient (Wildman–Crippen LogP) is 1.27. The third-order valence-corrected chi connectivity index (χ3v) is 7.49. The Morgan fingerprint density at radius 1 is 0.857 bits per heavy atom. The zero-order chi connectivity index (χ0) is 24.8. The van der Waals surface area contributed by atoms with Gasteiger partial charge in [-0.2, -0.15) is 0 Å². The van der Waals surface area contributed by atoms with Crippen molar-refractivity contribution in [3.63, 3.8) is 0 Å². The first-order valence-corrected chi connectivity index (χ1v) is 13.6. The molecule has 188 valence electrons. The van der Waals surface area contributed by atoms with Crippen LogP contribution in [-0.2, 0) is 26.1 Å². The summed E-state index contributed by atoms with van der Waals surface area (Å²) in [6, 6.07) is 16.6. The maximum absolute atomic E-state index is 13.0. The molecule has 9 nitrogen and oxygen atoms in total. The molecule has 2 aliphatic rings. The molecular formula is C25H32N4O5S. The van der Waals surface area contributed by atoms with Crippen molar-refractivity contribution in [1.29, 1.82) is 0 Å². The number of sulfonamides is 1. The van der Waals surface area contributed by atoms with E-state index in [0.717, 1.165) is 30.2 Å². The van der Waals surface area contributed by atoms with E-state index >= 15 is 0 Å². The van der Waals surface area contributed by atoms with Gasteiger partial charge in [-0.3, -0.25) is 18.8 Å². The Hall–Kier alpha value is -2.95. The molecule has 0 saturated carbocycles. The van der Waals surface area contributed by atoms with E-state index in [1.54, 1.807) is 34.1 Å². The molecule has 2 heterocycles. The van der Waals surface area contributed by atoms with Crippen LogP contribution in [-0.4, -0.2) is 100 Å². The monoisotopic (exact) mass is 500 g/mol. The summed E-state index contributed by atoms with van der Waals surface area (Å²) in [7, 11) is -3.69. The number of piperazine rings is 1. The van der Waals surface area contributed by atoms with E-state index in [4.69, 9.17) is 4.74 Å². The normalized spacial score (nSPS) is 17.3. The Bertz CT molecular complexity index is 1110. The summed E-state index contributed by atoms with van der Waals surface area (Å²) < 4.78 is 31.5. The number of carbonyl (C=O) groups is 2. The topological polar surface area (TPSA) is 90.5 Å². The molecule has 0 aliphatic carbocycles. The van der Waals surface area contributed by atoms with E-state index in [2.05, 4.69) is 17.0 Å². The van der Waals surface area contributed by atoms with Crippen LogP contribution in [0.1, 0.15) is 15.9 Å². The van der Waals surface area contributed by atoms with Crippen molar-refractivity contribution in [3.8, 4) is 0 Å². The van der Waals surface area contributed by atoms with Gasteiger partial charge < -0.3 is 14.5 Å². The maximum atomic E-state index is 13.0. The average molecular weight is 501 g/mol. The van der Waals surface area contributed by atoms with Crippen LogP contribution >= 0.6 is 0 Å². The molecule has 4 rings (SSSR count). The number of rotatable bonds is 7. The van der Waals surface area contributed by atoms with Crippen LogP contribution in [0.5, 0.6) is 0 Å². The highest BCUT2D eigenvalue weighted by Crippen LogP contribution is 2.20. The lowest BCUT2D eigenvalue weighted by molar-refractivity contribution is -0.131. The van der Waals surface area contributed by atoms with Crippen molar-refractivity contribution < 1.29 is 22.7 Å². The summed E-state index contributed by atoms with van der Waals surface area (Å²) in [5, 5.41) is 0. The van der Waals surface area contributed by atoms with Gasteiger partial charge >= 0.3 is 0 Å². The average Bonchev–Trinajstić information content (AvgIpc) is 2.88. The van der Waals surface area contributed by atoms with Crippen LogP contribution in [0.25, 0.3) is 0 Å². The van der Waals surface area contributed by atoms with E-state index < -0.39 is 10.0 Å². The second-order valence-corrected chi connectivity index (χ2v) is 10.8. The van der Waals surface area contributed by atoms with Gasteiger partial charge in [0.05, 0.1) is 25.2 Å². The molecule has 2 fully saturated rings. The molecule has 2 aromatic carbocycles. The van der Waals surface area contributed by atoms with Gasteiger partial charge in [0, 0.05) is 51.4 Å². The summed E-state index contributed by atoms with van der Waals surface area (Å²) in [6.45, 7) is 5.21. The van der Waals surface area contributed by atoms with Crippen LogP contribution in [0.15, 0.2) is 54.6 Å². The van der Waals surface area contributed by atoms with E-state index in [9.17, 15) is 18.0 Å². The van der Waals surface area contributed by atoms with Crippen molar-refractivity contribution in [3.05, 3.63) is 65.7 Å². The Labute approximate surface area is 206 Å². The van der Waals surface area contributed by atoms with Gasteiger partial charge in [-0.15, -0.1) is 0 Å². The fourth-order valence-electron chi connectivity index (χ4n) is 4.34. The smallest absolute Gasteiger partial charge is 0.254 e. The Morgan fingerprint density at radius 3 is 2.09 bits per heavy atom. The lowest BCUT2D eigenvalue weighted by Crippen LogP contribution is -2.51. The van der Waals surface area contributed by atoms with E-state index in [0.29, 0.717) is 50.6 Å². The predicted molar refractivity (Wildman–Crippen MR) is 134 cm³/mol. The van der Waals surface area contributed by atoms with Crippen molar-refractivity contribution >= 4 is 27.5 Å². The standard InChI is InChI=1S/C25H32N4O5S/c1-35(32,33)29(23-9-7-22(8-10-23)25(31)28-15-17-34-18-16-28)20-24(30)27-13-11-26(12-14-27)19-21-5-3-2-4-6-21/h2-10H,11-20H2,1H3. The Morgan fingerprint density at radius 2 is 1.49 bits per heavy atom. The number of anilines is 1. The first-order chi connectivity index (χ1) is 16.8. The van der Waals surface area contributed by atoms with Gasteiger partial charge in [-0.05, 0) is 29.8 Å². The zero-order valence-corrected chi connectivity index (χ0v) is 20.8. The highest BCUT2D eigenvalue weighted by molar-refractivity contribution is 7.92. The lowest BCUT2D eigenvalue weighted by atomic mass is 10.1. The van der Waals surface area contributed by atoms with Gasteiger partial charge in [-0.25, -0.2) is 8.42 Å². The van der Waals surface area contributed by atoms with Crippen LogP contribution in [0.3, 0.4) is 0 Å². The quantitative estimate of drug-likeness (QED) is 0.569. The number of carbonyl (C=O) groups excluding carboxylic acids is 2.